The van der Waals surface area contributed by atoms with Gasteiger partial charge in [-0.25, -0.2) is 4.79 Å². The van der Waals surface area contributed by atoms with Gasteiger partial charge >= 0.3 is 6.09 Å². The lowest BCUT2D eigenvalue weighted by Crippen LogP contribution is -2.43. The largest absolute Gasteiger partial charge is 0.444 e. The maximum absolute atomic E-state index is 12.2. The van der Waals surface area contributed by atoms with Gasteiger partial charge in [-0.3, -0.25) is 0 Å². The van der Waals surface area contributed by atoms with Gasteiger partial charge in [0.2, 0.25) is 0 Å². The fourth-order valence-corrected chi connectivity index (χ4v) is 3.75. The SMILES string of the molecule is Cc1sc(C#N)c2c1CCC(N(C)C(=O)OC(C)(C)C)C2. The number of hydrogen-bond acceptors (Lipinski definition) is 4. The first-order valence-electron chi connectivity index (χ1n) is 7.20. The lowest BCUT2D eigenvalue weighted by atomic mass is 9.88. The van der Waals surface area contributed by atoms with Crippen LogP contribution in [0.2, 0.25) is 0 Å². The highest BCUT2D eigenvalue weighted by atomic mass is 32.1. The van der Waals surface area contributed by atoms with E-state index in [9.17, 15) is 10.1 Å². The fourth-order valence-electron chi connectivity index (χ4n) is 2.72. The van der Waals surface area contributed by atoms with Crippen LogP contribution in [0.25, 0.3) is 0 Å². The molecule has 114 valence electrons. The molecule has 0 N–H and O–H groups in total. The molecule has 1 heterocycles. The number of likely N-dealkylation sites (N-methyl/N-ethyl adjacent to an activating group) is 1. The van der Waals surface area contributed by atoms with Gasteiger partial charge in [0.05, 0.1) is 0 Å². The Bertz CT molecular complexity index is 593. The smallest absolute Gasteiger partial charge is 0.410 e. The summed E-state index contributed by atoms with van der Waals surface area (Å²) in [5.41, 5.74) is 1.96. The summed E-state index contributed by atoms with van der Waals surface area (Å²) in [6, 6.07) is 2.39. The van der Waals surface area contributed by atoms with Crippen LogP contribution in [0.5, 0.6) is 0 Å². The topological polar surface area (TPSA) is 53.3 Å². The van der Waals surface area contributed by atoms with Gasteiger partial charge in [-0.15, -0.1) is 11.3 Å². The molecule has 1 atom stereocenters. The second-order valence-electron chi connectivity index (χ2n) is 6.54. The van der Waals surface area contributed by atoms with E-state index in [0.29, 0.717) is 0 Å². The third-order valence-electron chi connectivity index (χ3n) is 3.82. The number of carbonyl (C=O) groups is 1. The van der Waals surface area contributed by atoms with Crippen molar-refractivity contribution in [1.29, 1.82) is 5.26 Å². The lowest BCUT2D eigenvalue weighted by Gasteiger charge is -2.33. The molecule has 0 fully saturated rings. The first kappa shape index (κ1) is 15.8. The summed E-state index contributed by atoms with van der Waals surface area (Å²) in [4.78, 5) is 15.9. The summed E-state index contributed by atoms with van der Waals surface area (Å²) in [7, 11) is 1.79. The van der Waals surface area contributed by atoms with Crippen molar-refractivity contribution in [2.24, 2.45) is 0 Å². The van der Waals surface area contributed by atoms with Gasteiger partial charge in [-0.05, 0) is 58.1 Å². The molecule has 0 aromatic carbocycles. The maximum Gasteiger partial charge on any atom is 0.410 e. The van der Waals surface area contributed by atoms with Gasteiger partial charge in [-0.1, -0.05) is 0 Å². The van der Waals surface area contributed by atoms with Crippen LogP contribution in [-0.2, 0) is 17.6 Å². The Balaban J connectivity index is 2.14. The summed E-state index contributed by atoms with van der Waals surface area (Å²) >= 11 is 1.57. The Kier molecular flexibility index (Phi) is 4.29. The van der Waals surface area contributed by atoms with E-state index < -0.39 is 5.60 Å². The Morgan fingerprint density at radius 2 is 2.10 bits per heavy atom. The van der Waals surface area contributed by atoms with Crippen molar-refractivity contribution in [2.45, 2.75) is 58.6 Å². The normalized spacial score (nSPS) is 17.8. The van der Waals surface area contributed by atoms with Gasteiger partial charge < -0.3 is 9.64 Å². The van der Waals surface area contributed by atoms with Gasteiger partial charge in [0.1, 0.15) is 16.5 Å². The van der Waals surface area contributed by atoms with Gasteiger partial charge in [-0.2, -0.15) is 5.26 Å². The number of nitrogens with zero attached hydrogens (tertiary/aromatic N) is 2. The van der Waals surface area contributed by atoms with Crippen molar-refractivity contribution in [1.82, 2.24) is 4.90 Å². The van der Waals surface area contributed by atoms with E-state index in [4.69, 9.17) is 4.74 Å². The van der Waals surface area contributed by atoms with Crippen molar-refractivity contribution in [3.8, 4) is 6.07 Å². The lowest BCUT2D eigenvalue weighted by molar-refractivity contribution is 0.0210. The first-order chi connectivity index (χ1) is 9.73. The highest BCUT2D eigenvalue weighted by Gasteiger charge is 2.31. The summed E-state index contributed by atoms with van der Waals surface area (Å²) in [6.07, 6.45) is 2.31. The van der Waals surface area contributed by atoms with E-state index in [2.05, 4.69) is 13.0 Å². The zero-order valence-corrected chi connectivity index (χ0v) is 14.1. The quantitative estimate of drug-likeness (QED) is 0.795. The van der Waals surface area contributed by atoms with Crippen LogP contribution in [-0.4, -0.2) is 29.7 Å². The number of rotatable bonds is 1. The van der Waals surface area contributed by atoms with Crippen molar-refractivity contribution in [2.75, 3.05) is 7.05 Å². The molecule has 0 bridgehead atoms. The molecule has 0 aliphatic heterocycles. The Morgan fingerprint density at radius 1 is 1.43 bits per heavy atom. The van der Waals surface area contributed by atoms with E-state index in [1.807, 2.05) is 20.8 Å². The number of carbonyl (C=O) groups excluding carboxylic acids is 1. The van der Waals surface area contributed by atoms with Gasteiger partial charge in [0.15, 0.2) is 0 Å². The molecule has 0 radical (unpaired) electrons. The van der Waals surface area contributed by atoms with Crippen molar-refractivity contribution in [3.05, 3.63) is 20.9 Å². The minimum Gasteiger partial charge on any atom is -0.444 e. The molecule has 0 spiro atoms. The predicted molar refractivity (Wildman–Crippen MR) is 83.6 cm³/mol. The van der Waals surface area contributed by atoms with Gasteiger partial charge in [0.25, 0.3) is 0 Å². The fraction of sp³-hybridized carbons (Fsp3) is 0.625. The molecular weight excluding hydrogens is 284 g/mol. The first-order valence-corrected chi connectivity index (χ1v) is 8.01. The molecule has 2 rings (SSSR count). The second kappa shape index (κ2) is 5.69. The molecular formula is C16H22N2O2S. The molecule has 21 heavy (non-hydrogen) atoms. The van der Waals surface area contributed by atoms with Crippen LogP contribution < -0.4 is 0 Å². The van der Waals surface area contributed by atoms with Crippen LogP contribution >= 0.6 is 11.3 Å². The van der Waals surface area contributed by atoms with Crippen molar-refractivity contribution >= 4 is 17.4 Å². The Morgan fingerprint density at radius 3 is 2.67 bits per heavy atom. The van der Waals surface area contributed by atoms with Crippen molar-refractivity contribution in [3.63, 3.8) is 0 Å². The zero-order valence-electron chi connectivity index (χ0n) is 13.3. The van der Waals surface area contributed by atoms with E-state index >= 15 is 0 Å². The van der Waals surface area contributed by atoms with E-state index in [-0.39, 0.29) is 12.1 Å². The van der Waals surface area contributed by atoms with Crippen LogP contribution in [0, 0.1) is 18.3 Å². The molecule has 1 aromatic heterocycles. The Hall–Kier alpha value is -1.54. The monoisotopic (exact) mass is 306 g/mol. The molecule has 1 unspecified atom stereocenters. The zero-order chi connectivity index (χ0) is 15.8. The average molecular weight is 306 g/mol. The number of thiophene rings is 1. The van der Waals surface area contributed by atoms with Gasteiger partial charge in [0, 0.05) is 18.0 Å². The predicted octanol–water partition coefficient (Wildman–Crippen LogP) is 3.65. The molecule has 1 amide bonds. The minimum atomic E-state index is -0.484. The van der Waals surface area contributed by atoms with Crippen LogP contribution in [0.3, 0.4) is 0 Å². The third kappa shape index (κ3) is 3.38. The van der Waals surface area contributed by atoms with E-state index in [1.165, 1.54) is 10.4 Å². The number of amides is 1. The molecule has 4 nitrogen and oxygen atoms in total. The second-order valence-corrected chi connectivity index (χ2v) is 7.77. The standard InChI is InChI=1S/C16H22N2O2S/c1-10-12-7-6-11(8-13(12)14(9-17)21-10)18(5)15(19)20-16(2,3)4/h11H,6-8H2,1-5H3. The number of ether oxygens (including phenoxy) is 1. The highest BCUT2D eigenvalue weighted by Crippen LogP contribution is 2.34. The van der Waals surface area contributed by atoms with E-state index in [0.717, 1.165) is 29.7 Å². The summed E-state index contributed by atoms with van der Waals surface area (Å²) in [5, 5.41) is 9.25. The van der Waals surface area contributed by atoms with Crippen LogP contribution in [0.4, 0.5) is 4.79 Å². The minimum absolute atomic E-state index is 0.105. The molecule has 0 saturated heterocycles. The molecule has 1 aliphatic rings. The number of nitriles is 1. The molecule has 1 aromatic rings. The van der Waals surface area contributed by atoms with Crippen LogP contribution in [0.15, 0.2) is 0 Å². The Labute approximate surface area is 130 Å². The van der Waals surface area contributed by atoms with E-state index in [1.54, 1.807) is 23.3 Å². The van der Waals surface area contributed by atoms with Crippen molar-refractivity contribution < 1.29 is 9.53 Å². The molecule has 1 aliphatic carbocycles. The maximum atomic E-state index is 12.2. The summed E-state index contributed by atoms with van der Waals surface area (Å²) in [5.74, 6) is 0. The average Bonchev–Trinajstić information content (AvgIpc) is 2.72. The summed E-state index contributed by atoms with van der Waals surface area (Å²) in [6.45, 7) is 7.68. The molecule has 0 saturated carbocycles. The molecule has 5 heteroatoms. The number of aryl methyl sites for hydroxylation is 1. The number of hydrogen-bond donors (Lipinski definition) is 0. The highest BCUT2D eigenvalue weighted by molar-refractivity contribution is 7.12. The third-order valence-corrected chi connectivity index (χ3v) is 4.91. The summed E-state index contributed by atoms with van der Waals surface area (Å²) < 4.78 is 5.43. The van der Waals surface area contributed by atoms with Crippen LogP contribution in [0.1, 0.15) is 48.1 Å². The number of fused-ring (bicyclic) bond motifs is 1.